The normalized spacial score (nSPS) is 12.5. The van der Waals surface area contributed by atoms with Crippen LogP contribution in [0.3, 0.4) is 0 Å². The van der Waals surface area contributed by atoms with Gasteiger partial charge in [-0.2, -0.15) is 0 Å². The summed E-state index contributed by atoms with van der Waals surface area (Å²) in [6.07, 6.45) is 1.66. The summed E-state index contributed by atoms with van der Waals surface area (Å²) in [5.74, 6) is 1.78. The molecule has 3 heterocycles. The Morgan fingerprint density at radius 3 is 2.96 bits per heavy atom. The molecule has 0 unspecified atom stereocenters. The van der Waals surface area contributed by atoms with E-state index in [1.165, 1.54) is 18.7 Å². The Balaban J connectivity index is 1.72. The molecule has 8 nitrogen and oxygen atoms in total. The molecule has 0 saturated heterocycles. The number of pyridine rings is 1. The maximum atomic E-state index is 11.2. The van der Waals surface area contributed by atoms with Crippen LogP contribution in [-0.2, 0) is 11.3 Å². The van der Waals surface area contributed by atoms with Gasteiger partial charge in [0, 0.05) is 34.7 Å². The first-order chi connectivity index (χ1) is 13.0. The van der Waals surface area contributed by atoms with Crippen LogP contribution in [0.5, 0.6) is 11.5 Å². The smallest absolute Gasteiger partial charge is 0.231 e. The number of hydrogen-bond donors (Lipinski definition) is 2. The molecule has 1 aliphatic heterocycles. The lowest BCUT2D eigenvalue weighted by Gasteiger charge is -2.10. The highest BCUT2D eigenvalue weighted by Gasteiger charge is 2.20. The molecule has 3 aromatic rings. The van der Waals surface area contributed by atoms with Gasteiger partial charge in [-0.3, -0.25) is 4.79 Å². The Bertz CT molecular complexity index is 1040. The zero-order valence-corrected chi connectivity index (χ0v) is 17.3. The van der Waals surface area contributed by atoms with Gasteiger partial charge in [-0.05, 0) is 40.8 Å². The molecule has 1 aliphatic rings. The molecule has 1 amide bonds. The molecule has 0 spiro atoms. The maximum absolute atomic E-state index is 11.2. The molecule has 0 saturated carbocycles. The minimum atomic E-state index is -0.0693. The number of carbonyl (C=O) groups is 1. The van der Waals surface area contributed by atoms with Crippen LogP contribution in [0.15, 0.2) is 34.4 Å². The SMILES string of the molecule is CC(=O)NCCn1c(Sc2cc3c(cc2I)OCO3)nc2c(N)nccc21. The van der Waals surface area contributed by atoms with Crippen LogP contribution in [0, 0.1) is 3.57 Å². The maximum Gasteiger partial charge on any atom is 0.231 e. The number of nitrogen functional groups attached to an aromatic ring is 1. The first-order valence-electron chi connectivity index (χ1n) is 8.15. The molecule has 27 heavy (non-hydrogen) atoms. The molecule has 0 fully saturated rings. The summed E-state index contributed by atoms with van der Waals surface area (Å²) in [5, 5.41) is 3.59. The summed E-state index contributed by atoms with van der Waals surface area (Å²) < 4.78 is 14.0. The van der Waals surface area contributed by atoms with Gasteiger partial charge in [-0.1, -0.05) is 11.8 Å². The number of carbonyl (C=O) groups excluding carboxylic acids is 1. The summed E-state index contributed by atoms with van der Waals surface area (Å²) in [7, 11) is 0. The van der Waals surface area contributed by atoms with Gasteiger partial charge in [0.05, 0.1) is 5.52 Å². The molecule has 0 radical (unpaired) electrons. The molecule has 0 aliphatic carbocycles. The standard InChI is InChI=1S/C17H16IN5O3S/c1-9(24)20-4-5-23-11-2-3-21-16(19)15(11)22-17(23)27-14-7-13-12(6-10(14)18)25-8-26-13/h2-3,6-7H,4-5,8H2,1H3,(H2,19,21)(H,20,24). The first-order valence-corrected chi connectivity index (χ1v) is 10.0. The van der Waals surface area contributed by atoms with Crippen LogP contribution in [0.25, 0.3) is 11.0 Å². The van der Waals surface area contributed by atoms with Gasteiger partial charge in [-0.15, -0.1) is 0 Å². The van der Waals surface area contributed by atoms with E-state index in [9.17, 15) is 4.79 Å². The zero-order valence-electron chi connectivity index (χ0n) is 14.4. The van der Waals surface area contributed by atoms with Crippen LogP contribution in [-0.4, -0.2) is 33.8 Å². The minimum Gasteiger partial charge on any atom is -0.454 e. The van der Waals surface area contributed by atoms with E-state index in [1.807, 2.05) is 22.8 Å². The average molecular weight is 497 g/mol. The van der Waals surface area contributed by atoms with Gasteiger partial charge in [0.15, 0.2) is 22.5 Å². The monoisotopic (exact) mass is 497 g/mol. The topological polar surface area (TPSA) is 104 Å². The lowest BCUT2D eigenvalue weighted by atomic mass is 10.3. The quantitative estimate of drug-likeness (QED) is 0.523. The number of fused-ring (bicyclic) bond motifs is 2. The van der Waals surface area contributed by atoms with Gasteiger partial charge >= 0.3 is 0 Å². The van der Waals surface area contributed by atoms with Crippen LogP contribution in [0.2, 0.25) is 0 Å². The third-order valence-corrected chi connectivity index (χ3v) is 6.31. The average Bonchev–Trinajstić information content (AvgIpc) is 3.21. The Kier molecular flexibility index (Phi) is 5.00. The number of imidazole rings is 1. The van der Waals surface area contributed by atoms with Crippen molar-refractivity contribution in [2.24, 2.45) is 0 Å². The third kappa shape index (κ3) is 3.63. The van der Waals surface area contributed by atoms with Crippen molar-refractivity contribution >= 4 is 57.1 Å². The fourth-order valence-corrected chi connectivity index (χ4v) is 4.49. The Hall–Kier alpha value is -2.21. The number of nitrogens with zero attached hydrogens (tertiary/aromatic N) is 3. The molecule has 10 heteroatoms. The number of benzene rings is 1. The van der Waals surface area contributed by atoms with Crippen molar-refractivity contribution in [3.05, 3.63) is 28.0 Å². The van der Waals surface area contributed by atoms with Crippen molar-refractivity contribution in [2.45, 2.75) is 23.5 Å². The van der Waals surface area contributed by atoms with Crippen molar-refractivity contribution in [3.8, 4) is 11.5 Å². The predicted molar refractivity (Wildman–Crippen MR) is 110 cm³/mol. The molecular weight excluding hydrogens is 481 g/mol. The second-order valence-electron chi connectivity index (χ2n) is 5.83. The van der Waals surface area contributed by atoms with Crippen molar-refractivity contribution in [2.75, 3.05) is 19.1 Å². The summed E-state index contributed by atoms with van der Waals surface area (Å²) in [6, 6.07) is 5.78. The van der Waals surface area contributed by atoms with Crippen molar-refractivity contribution in [3.63, 3.8) is 0 Å². The van der Waals surface area contributed by atoms with Gasteiger partial charge in [0.2, 0.25) is 12.7 Å². The number of rotatable bonds is 5. The summed E-state index contributed by atoms with van der Waals surface area (Å²) >= 11 is 3.78. The van der Waals surface area contributed by atoms with E-state index in [0.29, 0.717) is 24.4 Å². The van der Waals surface area contributed by atoms with E-state index >= 15 is 0 Å². The van der Waals surface area contributed by atoms with Gasteiger partial charge < -0.3 is 25.1 Å². The number of ether oxygens (including phenoxy) is 2. The number of anilines is 1. The van der Waals surface area contributed by atoms with E-state index in [1.54, 1.807) is 6.20 Å². The predicted octanol–water partition coefficient (Wildman–Crippen LogP) is 2.63. The van der Waals surface area contributed by atoms with Gasteiger partial charge in [-0.25, -0.2) is 9.97 Å². The lowest BCUT2D eigenvalue weighted by Crippen LogP contribution is -2.24. The largest absolute Gasteiger partial charge is 0.454 e. The summed E-state index contributed by atoms with van der Waals surface area (Å²) in [6.45, 7) is 2.80. The second-order valence-corrected chi connectivity index (χ2v) is 8.00. The highest BCUT2D eigenvalue weighted by molar-refractivity contribution is 14.1. The molecule has 140 valence electrons. The summed E-state index contributed by atoms with van der Waals surface area (Å²) in [4.78, 5) is 21.0. The number of hydrogen-bond acceptors (Lipinski definition) is 7. The van der Waals surface area contributed by atoms with Crippen LogP contribution in [0.4, 0.5) is 5.82 Å². The van der Waals surface area contributed by atoms with Gasteiger partial charge in [0.1, 0.15) is 5.52 Å². The first kappa shape index (κ1) is 18.2. The Morgan fingerprint density at radius 2 is 2.19 bits per heavy atom. The molecule has 2 aromatic heterocycles. The second kappa shape index (κ2) is 7.43. The van der Waals surface area contributed by atoms with Crippen molar-refractivity contribution in [1.82, 2.24) is 19.9 Å². The van der Waals surface area contributed by atoms with Crippen LogP contribution < -0.4 is 20.5 Å². The molecule has 4 rings (SSSR count). The number of nitrogens with one attached hydrogen (secondary N) is 1. The van der Waals surface area contributed by atoms with E-state index < -0.39 is 0 Å². The molecule has 3 N–H and O–H groups in total. The number of halogens is 1. The van der Waals surface area contributed by atoms with Gasteiger partial charge in [0.25, 0.3) is 0 Å². The van der Waals surface area contributed by atoms with E-state index in [0.717, 1.165) is 30.6 Å². The van der Waals surface area contributed by atoms with E-state index in [4.69, 9.17) is 20.2 Å². The van der Waals surface area contributed by atoms with Crippen molar-refractivity contribution in [1.29, 1.82) is 0 Å². The molecular formula is C17H16IN5O3S. The van der Waals surface area contributed by atoms with E-state index in [2.05, 4.69) is 32.9 Å². The third-order valence-electron chi connectivity index (χ3n) is 4.00. The highest BCUT2D eigenvalue weighted by atomic mass is 127. The number of amides is 1. The van der Waals surface area contributed by atoms with Crippen LogP contribution >= 0.6 is 34.4 Å². The Labute approximate surface area is 173 Å². The fourth-order valence-electron chi connectivity index (χ4n) is 2.76. The highest BCUT2D eigenvalue weighted by Crippen LogP contribution is 2.41. The molecule has 0 atom stereocenters. The fraction of sp³-hybridized carbons (Fsp3) is 0.235. The van der Waals surface area contributed by atoms with Crippen LogP contribution in [0.1, 0.15) is 6.92 Å². The Morgan fingerprint density at radius 1 is 1.41 bits per heavy atom. The number of nitrogens with two attached hydrogens (primary N) is 1. The van der Waals surface area contributed by atoms with Crippen molar-refractivity contribution < 1.29 is 14.3 Å². The molecule has 0 bridgehead atoms. The summed E-state index contributed by atoms with van der Waals surface area (Å²) in [5.41, 5.74) is 7.54. The number of aromatic nitrogens is 3. The lowest BCUT2D eigenvalue weighted by molar-refractivity contribution is -0.118. The minimum absolute atomic E-state index is 0.0693. The molecule has 1 aromatic carbocycles. The van der Waals surface area contributed by atoms with E-state index in [-0.39, 0.29) is 12.7 Å². The zero-order chi connectivity index (χ0) is 19.0.